The molecule has 0 atom stereocenters. The lowest BCUT2D eigenvalue weighted by atomic mass is 10.2. The highest BCUT2D eigenvalue weighted by Crippen LogP contribution is 2.24. The minimum absolute atomic E-state index is 0.190. The predicted octanol–water partition coefficient (Wildman–Crippen LogP) is 3.45. The van der Waals surface area contributed by atoms with Gasteiger partial charge in [-0.25, -0.2) is 4.39 Å². The molecule has 1 aromatic heterocycles. The molecule has 0 fully saturated rings. The Labute approximate surface area is 138 Å². The number of aliphatic hydroxyl groups is 1. The summed E-state index contributed by atoms with van der Waals surface area (Å²) >= 11 is 0. The zero-order chi connectivity index (χ0) is 17.1. The maximum absolute atomic E-state index is 13.2. The quantitative estimate of drug-likeness (QED) is 0.671. The molecule has 0 bridgehead atoms. The van der Waals surface area contributed by atoms with E-state index in [1.165, 1.54) is 12.1 Å². The number of aromatic nitrogens is 1. The Morgan fingerprint density at radius 2 is 2.08 bits per heavy atom. The lowest BCUT2D eigenvalue weighted by Crippen LogP contribution is -2.12. The molecule has 0 aliphatic carbocycles. The topological polar surface area (TPSA) is 74.3 Å². The van der Waals surface area contributed by atoms with Crippen LogP contribution in [0.5, 0.6) is 5.75 Å². The molecule has 24 heavy (non-hydrogen) atoms. The normalized spacial score (nSPS) is 10.8. The Balaban J connectivity index is 1.82. The molecule has 0 saturated heterocycles. The number of halogens is 1. The van der Waals surface area contributed by atoms with Crippen molar-refractivity contribution in [3.05, 3.63) is 59.5 Å². The van der Waals surface area contributed by atoms with Crippen LogP contribution in [0.3, 0.4) is 0 Å². The van der Waals surface area contributed by atoms with Crippen molar-refractivity contribution in [1.29, 1.82) is 0 Å². The number of amides is 1. The monoisotopic (exact) mass is 328 g/mol. The summed E-state index contributed by atoms with van der Waals surface area (Å²) in [4.78, 5) is 15.3. The van der Waals surface area contributed by atoms with Crippen LogP contribution in [0.1, 0.15) is 23.0 Å². The molecule has 0 aliphatic rings. The van der Waals surface area contributed by atoms with Gasteiger partial charge in [-0.15, -0.1) is 0 Å². The van der Waals surface area contributed by atoms with Crippen LogP contribution in [0.2, 0.25) is 0 Å². The summed E-state index contributed by atoms with van der Waals surface area (Å²) < 4.78 is 18.6. The van der Waals surface area contributed by atoms with Crippen LogP contribution in [-0.2, 0) is 6.61 Å². The maximum atomic E-state index is 13.2. The molecular formula is C18H17FN2O3. The number of rotatable bonds is 5. The van der Waals surface area contributed by atoms with Gasteiger partial charge in [0.25, 0.3) is 5.91 Å². The highest BCUT2D eigenvalue weighted by molar-refractivity contribution is 6.06. The summed E-state index contributed by atoms with van der Waals surface area (Å²) in [5.74, 6) is -0.119. The number of hydrogen-bond donors (Lipinski definition) is 3. The minimum Gasteiger partial charge on any atom is -0.494 e. The zero-order valence-corrected chi connectivity index (χ0v) is 13.1. The van der Waals surface area contributed by atoms with E-state index < -0.39 is 0 Å². The van der Waals surface area contributed by atoms with Crippen molar-refractivity contribution in [3.63, 3.8) is 0 Å². The Morgan fingerprint density at radius 3 is 2.83 bits per heavy atom. The molecule has 3 rings (SSSR count). The molecular weight excluding hydrogens is 311 g/mol. The zero-order valence-electron chi connectivity index (χ0n) is 13.1. The van der Waals surface area contributed by atoms with E-state index in [4.69, 9.17) is 4.74 Å². The molecule has 0 saturated carbocycles. The van der Waals surface area contributed by atoms with Crippen molar-refractivity contribution in [1.82, 2.24) is 4.98 Å². The SMILES string of the molecule is CCOc1ccc(NC(=O)c2cc3cc(F)ccc3[nH]2)cc1CO. The van der Waals surface area contributed by atoms with Gasteiger partial charge in [0, 0.05) is 22.2 Å². The maximum Gasteiger partial charge on any atom is 0.272 e. The van der Waals surface area contributed by atoms with Crippen LogP contribution in [0.4, 0.5) is 10.1 Å². The van der Waals surface area contributed by atoms with Gasteiger partial charge in [-0.05, 0) is 49.4 Å². The third-order valence-corrected chi connectivity index (χ3v) is 3.62. The van der Waals surface area contributed by atoms with Gasteiger partial charge < -0.3 is 20.1 Å². The second kappa shape index (κ2) is 6.72. The molecule has 2 aromatic carbocycles. The number of carbonyl (C=O) groups excluding carboxylic acids is 1. The van der Waals surface area contributed by atoms with Gasteiger partial charge in [0.15, 0.2) is 0 Å². The first kappa shape index (κ1) is 16.0. The van der Waals surface area contributed by atoms with E-state index in [2.05, 4.69) is 10.3 Å². The fourth-order valence-electron chi connectivity index (χ4n) is 2.50. The third-order valence-electron chi connectivity index (χ3n) is 3.62. The number of aliphatic hydroxyl groups excluding tert-OH is 1. The van der Waals surface area contributed by atoms with E-state index in [1.54, 1.807) is 30.3 Å². The summed E-state index contributed by atoms with van der Waals surface area (Å²) in [6.45, 7) is 2.16. The van der Waals surface area contributed by atoms with Gasteiger partial charge in [-0.2, -0.15) is 0 Å². The first-order chi connectivity index (χ1) is 11.6. The third kappa shape index (κ3) is 3.23. The summed E-state index contributed by atoms with van der Waals surface area (Å²) in [5.41, 5.74) is 2.14. The van der Waals surface area contributed by atoms with Gasteiger partial charge in [-0.3, -0.25) is 4.79 Å². The van der Waals surface area contributed by atoms with Gasteiger partial charge in [-0.1, -0.05) is 0 Å². The number of aromatic amines is 1. The van der Waals surface area contributed by atoms with Crippen LogP contribution >= 0.6 is 0 Å². The molecule has 3 N–H and O–H groups in total. The van der Waals surface area contributed by atoms with Crippen molar-refractivity contribution in [2.45, 2.75) is 13.5 Å². The number of nitrogens with one attached hydrogen (secondary N) is 2. The molecule has 0 aliphatic heterocycles. The van der Waals surface area contributed by atoms with Gasteiger partial charge >= 0.3 is 0 Å². The fourth-order valence-corrected chi connectivity index (χ4v) is 2.50. The summed E-state index contributed by atoms with van der Waals surface area (Å²) in [6, 6.07) is 10.9. The van der Waals surface area contributed by atoms with Crippen molar-refractivity contribution >= 4 is 22.5 Å². The van der Waals surface area contributed by atoms with Crippen LogP contribution < -0.4 is 10.1 Å². The standard InChI is InChI=1S/C18H17FN2O3/c1-2-24-17-6-4-14(8-12(17)10-22)20-18(23)16-9-11-7-13(19)3-5-15(11)21-16/h3-9,21-22H,2,10H2,1H3,(H,20,23). The highest BCUT2D eigenvalue weighted by Gasteiger charge is 2.12. The molecule has 0 radical (unpaired) electrons. The number of H-pyrrole nitrogens is 1. The molecule has 1 amide bonds. The number of anilines is 1. The molecule has 5 nitrogen and oxygen atoms in total. The first-order valence-electron chi connectivity index (χ1n) is 7.57. The van der Waals surface area contributed by atoms with Gasteiger partial charge in [0.1, 0.15) is 17.3 Å². The summed E-state index contributed by atoms with van der Waals surface area (Å²) in [6.07, 6.45) is 0. The van der Waals surface area contributed by atoms with Crippen LogP contribution in [0.25, 0.3) is 10.9 Å². The van der Waals surface area contributed by atoms with Crippen LogP contribution in [0, 0.1) is 5.82 Å². The number of benzene rings is 2. The highest BCUT2D eigenvalue weighted by atomic mass is 19.1. The number of fused-ring (bicyclic) bond motifs is 1. The number of ether oxygens (including phenoxy) is 1. The molecule has 124 valence electrons. The van der Waals surface area contributed by atoms with Crippen LogP contribution in [0.15, 0.2) is 42.5 Å². The molecule has 6 heteroatoms. The van der Waals surface area contributed by atoms with E-state index in [9.17, 15) is 14.3 Å². The Hall–Kier alpha value is -2.86. The Bertz CT molecular complexity index is 889. The van der Waals surface area contributed by atoms with E-state index in [0.29, 0.717) is 40.2 Å². The smallest absolute Gasteiger partial charge is 0.272 e. The van der Waals surface area contributed by atoms with Crippen molar-refractivity contribution in [2.75, 3.05) is 11.9 Å². The predicted molar refractivity (Wildman–Crippen MR) is 89.7 cm³/mol. The van der Waals surface area contributed by atoms with Crippen molar-refractivity contribution in [3.8, 4) is 5.75 Å². The summed E-state index contributed by atoms with van der Waals surface area (Å²) in [7, 11) is 0. The number of hydrogen-bond acceptors (Lipinski definition) is 3. The van der Waals surface area contributed by atoms with Gasteiger partial charge in [0.2, 0.25) is 0 Å². The first-order valence-corrected chi connectivity index (χ1v) is 7.57. The lowest BCUT2D eigenvalue weighted by Gasteiger charge is -2.11. The lowest BCUT2D eigenvalue weighted by molar-refractivity contribution is 0.102. The van der Waals surface area contributed by atoms with E-state index in [1.807, 2.05) is 6.92 Å². The average Bonchev–Trinajstić information content (AvgIpc) is 2.99. The fraction of sp³-hybridized carbons (Fsp3) is 0.167. The van der Waals surface area contributed by atoms with Crippen molar-refractivity contribution in [2.24, 2.45) is 0 Å². The molecule has 0 spiro atoms. The molecule has 0 unspecified atom stereocenters. The van der Waals surface area contributed by atoms with Crippen LogP contribution in [-0.4, -0.2) is 22.6 Å². The Morgan fingerprint density at radius 1 is 1.25 bits per heavy atom. The second-order valence-electron chi connectivity index (χ2n) is 5.28. The molecule has 3 aromatic rings. The molecule has 1 heterocycles. The van der Waals surface area contributed by atoms with E-state index >= 15 is 0 Å². The van der Waals surface area contributed by atoms with E-state index in [0.717, 1.165) is 0 Å². The average molecular weight is 328 g/mol. The van der Waals surface area contributed by atoms with Gasteiger partial charge in [0.05, 0.1) is 13.2 Å². The van der Waals surface area contributed by atoms with Crippen molar-refractivity contribution < 1.29 is 19.0 Å². The summed E-state index contributed by atoms with van der Waals surface area (Å²) in [5, 5.41) is 12.8. The number of carbonyl (C=O) groups is 1. The Kier molecular flexibility index (Phi) is 4.48. The minimum atomic E-state index is -0.354. The second-order valence-corrected chi connectivity index (χ2v) is 5.28. The van der Waals surface area contributed by atoms with E-state index in [-0.39, 0.29) is 18.3 Å². The largest absolute Gasteiger partial charge is 0.494 e.